The molecule has 1 aromatic heterocycles. The minimum absolute atomic E-state index is 0.647. The van der Waals surface area contributed by atoms with Gasteiger partial charge >= 0.3 is 5.69 Å². The number of H-pyrrole nitrogens is 1. The van der Waals surface area contributed by atoms with E-state index in [1.54, 1.807) is 6.07 Å². The van der Waals surface area contributed by atoms with Gasteiger partial charge in [-0.1, -0.05) is 5.11 Å². The smallest absolute Gasteiger partial charge is 0.330 e. The van der Waals surface area contributed by atoms with E-state index >= 15 is 0 Å². The summed E-state index contributed by atoms with van der Waals surface area (Å²) in [5.74, 6) is -1.29. The molecule has 1 aromatic rings. The van der Waals surface area contributed by atoms with Crippen molar-refractivity contribution >= 4 is 0 Å². The number of azide groups is 1. The van der Waals surface area contributed by atoms with Crippen molar-refractivity contribution in [3.63, 3.8) is 0 Å². The summed E-state index contributed by atoms with van der Waals surface area (Å²) in [5.41, 5.74) is 4.92. The van der Waals surface area contributed by atoms with Gasteiger partial charge in [0.05, 0.1) is 12.7 Å². The number of ether oxygens (including phenoxy) is 1. The average molecular weight is 294 g/mol. The van der Waals surface area contributed by atoms with E-state index in [0.29, 0.717) is 0 Å². The molecule has 2 rings (SSSR count). The van der Waals surface area contributed by atoms with Crippen LogP contribution in [0.15, 0.2) is 27.0 Å². The third-order valence-corrected chi connectivity index (χ3v) is 3.15. The van der Waals surface area contributed by atoms with E-state index in [-0.39, 0.29) is 0 Å². The molecule has 3 N–H and O–H groups in total. The Morgan fingerprint density at radius 2 is 2.38 bits per heavy atom. The fraction of sp³-hybridized carbons (Fsp3) is 0.500. The van der Waals surface area contributed by atoms with Crippen molar-refractivity contribution in [1.82, 2.24) is 9.55 Å². The first-order valence-electron chi connectivity index (χ1n) is 5.73. The maximum Gasteiger partial charge on any atom is 0.330 e. The van der Waals surface area contributed by atoms with Crippen molar-refractivity contribution < 1.29 is 14.9 Å². The standard InChI is InChI=1S/C10H10N6O5/c11-3-5-7(19)10(4-17,14-15-12)21-8(5)16-2-1-6(18)13-9(16)20/h1-2,5,7-8,17,19H,4H2,(H,13,18,20)/t5-,7-,8+,10+/m0/s1. The molecule has 0 aliphatic carbocycles. The molecule has 21 heavy (non-hydrogen) atoms. The molecule has 0 unspecified atom stereocenters. The Hall–Kier alpha value is -2.64. The summed E-state index contributed by atoms with van der Waals surface area (Å²) >= 11 is 0. The number of nitriles is 1. The lowest BCUT2D eigenvalue weighted by molar-refractivity contribution is -0.124. The summed E-state index contributed by atoms with van der Waals surface area (Å²) in [6.45, 7) is -0.884. The Kier molecular flexibility index (Phi) is 3.79. The molecule has 11 nitrogen and oxygen atoms in total. The SMILES string of the molecule is N#C[C@@H]1[C@H](n2ccc(=O)[nH]c2=O)O[C@@](CO)(N=[N+]=[N-])[C@H]1O. The fourth-order valence-corrected chi connectivity index (χ4v) is 2.10. The minimum Gasteiger partial charge on any atom is -0.393 e. The molecule has 2 heterocycles. The van der Waals surface area contributed by atoms with Gasteiger partial charge in [0.25, 0.3) is 5.56 Å². The fourth-order valence-electron chi connectivity index (χ4n) is 2.10. The summed E-state index contributed by atoms with van der Waals surface area (Å²) in [6.07, 6.45) is -1.90. The van der Waals surface area contributed by atoms with Crippen molar-refractivity contribution in [2.45, 2.75) is 18.1 Å². The normalized spacial score (nSPS) is 31.4. The number of aliphatic hydroxyl groups excluding tert-OH is 2. The first-order chi connectivity index (χ1) is 9.99. The van der Waals surface area contributed by atoms with Crippen LogP contribution in [0.25, 0.3) is 10.4 Å². The zero-order valence-electron chi connectivity index (χ0n) is 10.4. The van der Waals surface area contributed by atoms with Crippen molar-refractivity contribution in [3.8, 4) is 6.07 Å². The number of hydrogen-bond donors (Lipinski definition) is 3. The van der Waals surface area contributed by atoms with Crippen LogP contribution >= 0.6 is 0 Å². The number of rotatable bonds is 3. The second-order valence-electron chi connectivity index (χ2n) is 4.32. The van der Waals surface area contributed by atoms with Gasteiger partial charge in [0.1, 0.15) is 12.0 Å². The molecule has 4 atom stereocenters. The highest BCUT2D eigenvalue weighted by Gasteiger charge is 2.55. The van der Waals surface area contributed by atoms with Gasteiger partial charge < -0.3 is 14.9 Å². The zero-order chi connectivity index (χ0) is 15.6. The molecular weight excluding hydrogens is 284 g/mol. The lowest BCUT2D eigenvalue weighted by Crippen LogP contribution is -2.42. The van der Waals surface area contributed by atoms with Crippen LogP contribution in [-0.4, -0.2) is 38.2 Å². The summed E-state index contributed by atoms with van der Waals surface area (Å²) in [6, 6.07) is 2.76. The van der Waals surface area contributed by atoms with Crippen LogP contribution in [0.2, 0.25) is 0 Å². The van der Waals surface area contributed by atoms with Gasteiger partial charge in [-0.15, -0.1) is 0 Å². The summed E-state index contributed by atoms with van der Waals surface area (Å²) < 4.78 is 6.12. The summed E-state index contributed by atoms with van der Waals surface area (Å²) in [7, 11) is 0. The Labute approximate surface area is 116 Å². The molecule has 11 heteroatoms. The predicted molar refractivity (Wildman–Crippen MR) is 65.5 cm³/mol. The molecule has 0 amide bonds. The van der Waals surface area contributed by atoms with Crippen LogP contribution in [0.3, 0.4) is 0 Å². The van der Waals surface area contributed by atoms with E-state index in [1.807, 2.05) is 4.98 Å². The van der Waals surface area contributed by atoms with Gasteiger partial charge in [-0.05, 0) is 5.53 Å². The molecule has 1 aliphatic rings. The van der Waals surface area contributed by atoms with E-state index < -0.39 is 41.8 Å². The molecule has 0 aromatic carbocycles. The maximum atomic E-state index is 11.7. The van der Waals surface area contributed by atoms with Crippen LogP contribution in [0.4, 0.5) is 0 Å². The van der Waals surface area contributed by atoms with Gasteiger partial charge in [-0.25, -0.2) is 4.79 Å². The number of aromatic amines is 1. The number of nitrogens with zero attached hydrogens (tertiary/aromatic N) is 5. The van der Waals surface area contributed by atoms with Crippen molar-refractivity contribution in [3.05, 3.63) is 43.5 Å². The molecule has 110 valence electrons. The Bertz CT molecular complexity index is 743. The summed E-state index contributed by atoms with van der Waals surface area (Å²) in [4.78, 5) is 27.2. The number of aliphatic hydroxyl groups is 2. The van der Waals surface area contributed by atoms with E-state index in [1.165, 1.54) is 0 Å². The molecule has 1 fully saturated rings. The molecular formula is C10H10N6O5. The van der Waals surface area contributed by atoms with Gasteiger partial charge in [-0.2, -0.15) is 5.26 Å². The van der Waals surface area contributed by atoms with Crippen LogP contribution < -0.4 is 11.2 Å². The van der Waals surface area contributed by atoms with Crippen molar-refractivity contribution in [1.29, 1.82) is 5.26 Å². The second-order valence-corrected chi connectivity index (χ2v) is 4.32. The van der Waals surface area contributed by atoms with Crippen molar-refractivity contribution in [2.24, 2.45) is 11.0 Å². The Balaban J connectivity index is 2.54. The molecule has 0 saturated carbocycles. The molecule has 0 radical (unpaired) electrons. The second kappa shape index (κ2) is 5.39. The molecule has 1 saturated heterocycles. The number of hydrogen-bond acceptors (Lipinski definition) is 7. The van der Waals surface area contributed by atoms with E-state index in [9.17, 15) is 19.8 Å². The highest BCUT2D eigenvalue weighted by atomic mass is 16.6. The predicted octanol–water partition coefficient (Wildman–Crippen LogP) is -1.44. The monoisotopic (exact) mass is 294 g/mol. The van der Waals surface area contributed by atoms with Gasteiger partial charge in [-0.3, -0.25) is 14.3 Å². The lowest BCUT2D eigenvalue weighted by atomic mass is 9.98. The topological polar surface area (TPSA) is 177 Å². The maximum absolute atomic E-state index is 11.7. The largest absolute Gasteiger partial charge is 0.393 e. The highest BCUT2D eigenvalue weighted by molar-refractivity contribution is 5.07. The van der Waals surface area contributed by atoms with Gasteiger partial charge in [0, 0.05) is 17.2 Å². The van der Waals surface area contributed by atoms with E-state index in [2.05, 4.69) is 10.0 Å². The molecule has 0 spiro atoms. The first-order valence-corrected chi connectivity index (χ1v) is 5.73. The van der Waals surface area contributed by atoms with Crippen molar-refractivity contribution in [2.75, 3.05) is 6.61 Å². The third kappa shape index (κ3) is 2.28. The zero-order valence-corrected chi connectivity index (χ0v) is 10.4. The van der Waals surface area contributed by atoms with E-state index in [4.69, 9.17) is 15.5 Å². The minimum atomic E-state index is -2.07. The van der Waals surface area contributed by atoms with E-state index in [0.717, 1.165) is 16.8 Å². The number of aromatic nitrogens is 2. The summed E-state index contributed by atoms with van der Waals surface area (Å²) in [5, 5.41) is 31.7. The third-order valence-electron chi connectivity index (χ3n) is 3.15. The Morgan fingerprint density at radius 3 is 2.90 bits per heavy atom. The van der Waals surface area contributed by atoms with Gasteiger partial charge in [0.2, 0.25) is 0 Å². The number of nitrogens with one attached hydrogen (secondary N) is 1. The van der Waals surface area contributed by atoms with Crippen LogP contribution in [0, 0.1) is 17.2 Å². The molecule has 1 aliphatic heterocycles. The van der Waals surface area contributed by atoms with Gasteiger partial charge in [0.15, 0.2) is 12.0 Å². The molecule has 0 bridgehead atoms. The average Bonchev–Trinajstić information content (AvgIpc) is 2.72. The highest BCUT2D eigenvalue weighted by Crippen LogP contribution is 2.41. The lowest BCUT2D eigenvalue weighted by Gasteiger charge is -2.23. The van der Waals surface area contributed by atoms with Crippen LogP contribution in [0.1, 0.15) is 6.23 Å². The van der Waals surface area contributed by atoms with Crippen LogP contribution in [-0.2, 0) is 4.74 Å². The Morgan fingerprint density at radius 1 is 1.67 bits per heavy atom. The quantitative estimate of drug-likeness (QED) is 0.349. The van der Waals surface area contributed by atoms with Crippen LogP contribution in [0.5, 0.6) is 0 Å². The first kappa shape index (κ1) is 14.8.